The van der Waals surface area contributed by atoms with Gasteiger partial charge in [0.25, 0.3) is 0 Å². The zero-order valence-corrected chi connectivity index (χ0v) is 21.3. The van der Waals surface area contributed by atoms with E-state index in [1.807, 2.05) is 19.1 Å². The molecule has 6 nitrogen and oxygen atoms in total. The molecule has 0 aromatic heterocycles. The molecule has 0 bridgehead atoms. The van der Waals surface area contributed by atoms with E-state index >= 15 is 0 Å². The lowest BCUT2D eigenvalue weighted by atomic mass is 9.93. The highest BCUT2D eigenvalue weighted by Gasteiger charge is 2.29. The number of hydrogen-bond acceptors (Lipinski definition) is 5. The van der Waals surface area contributed by atoms with Crippen LogP contribution in [0.25, 0.3) is 0 Å². The summed E-state index contributed by atoms with van der Waals surface area (Å²) in [6, 6.07) is 15.6. The van der Waals surface area contributed by atoms with E-state index < -0.39 is 11.9 Å². The normalized spacial score (nSPS) is 14.5. The first kappa shape index (κ1) is 25.9. The smallest absolute Gasteiger partial charge is 0.311 e. The summed E-state index contributed by atoms with van der Waals surface area (Å²) in [6.07, 6.45) is 2.18. The molecule has 1 aliphatic heterocycles. The molecule has 0 radical (unpaired) electrons. The van der Waals surface area contributed by atoms with E-state index in [2.05, 4.69) is 0 Å². The molecule has 1 unspecified atom stereocenters. The number of carboxylic acids is 1. The standard InChI is InChI=1S/C28H26Cl2O6/c1-2-34-25-14-19(29)9-6-18(25)4-3-5-24(31)17-7-10-20(11-8-17)36-27-16-26-22(15-23(27)30)21(28(32)33)12-13-35-26/h6-11,14-16,21H,2-5,12-13H2,1H3,(H,32,33). The molecular weight excluding hydrogens is 503 g/mol. The van der Waals surface area contributed by atoms with Crippen LogP contribution >= 0.6 is 23.2 Å². The number of hydrogen-bond donors (Lipinski definition) is 1. The minimum Gasteiger partial charge on any atom is -0.494 e. The molecule has 1 aliphatic rings. The average Bonchev–Trinajstić information content (AvgIpc) is 2.86. The van der Waals surface area contributed by atoms with Crippen LogP contribution in [0.5, 0.6) is 23.0 Å². The fraction of sp³-hybridized carbons (Fsp3) is 0.286. The molecule has 3 aromatic rings. The van der Waals surface area contributed by atoms with E-state index in [0.717, 1.165) is 11.3 Å². The van der Waals surface area contributed by atoms with Gasteiger partial charge in [-0.15, -0.1) is 0 Å². The number of ketones is 1. The van der Waals surface area contributed by atoms with Gasteiger partial charge in [-0.05, 0) is 74.2 Å². The lowest BCUT2D eigenvalue weighted by molar-refractivity contribution is -0.139. The second-order valence-corrected chi connectivity index (χ2v) is 9.28. The summed E-state index contributed by atoms with van der Waals surface area (Å²) in [4.78, 5) is 24.2. The predicted molar refractivity (Wildman–Crippen MR) is 138 cm³/mol. The Labute approximate surface area is 219 Å². The third kappa shape index (κ3) is 6.12. The molecule has 188 valence electrons. The van der Waals surface area contributed by atoms with Crippen LogP contribution in [0, 0.1) is 0 Å². The van der Waals surface area contributed by atoms with Crippen molar-refractivity contribution < 1.29 is 28.9 Å². The minimum atomic E-state index is -0.910. The largest absolute Gasteiger partial charge is 0.494 e. The van der Waals surface area contributed by atoms with Crippen molar-refractivity contribution in [2.75, 3.05) is 13.2 Å². The number of carboxylic acid groups (broad SMARTS) is 1. The number of fused-ring (bicyclic) bond motifs is 1. The fourth-order valence-corrected chi connectivity index (χ4v) is 4.54. The third-order valence-electron chi connectivity index (χ3n) is 5.99. The highest BCUT2D eigenvalue weighted by molar-refractivity contribution is 6.32. The Kier molecular flexibility index (Phi) is 8.39. The summed E-state index contributed by atoms with van der Waals surface area (Å²) in [5.74, 6) is 0.531. The summed E-state index contributed by atoms with van der Waals surface area (Å²) in [6.45, 7) is 2.78. The Hall–Kier alpha value is -3.22. The fourth-order valence-electron chi connectivity index (χ4n) is 4.17. The zero-order valence-electron chi connectivity index (χ0n) is 19.8. The number of benzene rings is 3. The average molecular weight is 529 g/mol. The number of aryl methyl sites for hydroxylation is 1. The summed E-state index contributed by atoms with van der Waals surface area (Å²) in [7, 11) is 0. The quantitative estimate of drug-likeness (QED) is 0.277. The minimum absolute atomic E-state index is 0.0356. The monoisotopic (exact) mass is 528 g/mol. The number of halogens is 2. The van der Waals surface area contributed by atoms with Crippen LogP contribution in [-0.2, 0) is 11.2 Å². The van der Waals surface area contributed by atoms with Crippen LogP contribution in [0.3, 0.4) is 0 Å². The van der Waals surface area contributed by atoms with E-state index in [9.17, 15) is 14.7 Å². The van der Waals surface area contributed by atoms with Crippen molar-refractivity contribution in [3.63, 3.8) is 0 Å². The van der Waals surface area contributed by atoms with Crippen molar-refractivity contribution in [2.24, 2.45) is 0 Å². The van der Waals surface area contributed by atoms with Crippen LogP contribution < -0.4 is 14.2 Å². The van der Waals surface area contributed by atoms with E-state index in [4.69, 9.17) is 37.4 Å². The maximum atomic E-state index is 12.7. The maximum absolute atomic E-state index is 12.7. The molecule has 0 fully saturated rings. The molecule has 1 heterocycles. The Morgan fingerprint density at radius 3 is 2.56 bits per heavy atom. The van der Waals surface area contributed by atoms with Crippen molar-refractivity contribution in [1.29, 1.82) is 0 Å². The van der Waals surface area contributed by atoms with Gasteiger partial charge in [-0.2, -0.15) is 0 Å². The topological polar surface area (TPSA) is 82.1 Å². The first-order chi connectivity index (χ1) is 17.4. The lowest BCUT2D eigenvalue weighted by Gasteiger charge is -2.24. The zero-order chi connectivity index (χ0) is 25.7. The van der Waals surface area contributed by atoms with Crippen LogP contribution in [-0.4, -0.2) is 30.1 Å². The van der Waals surface area contributed by atoms with E-state index in [0.29, 0.717) is 77.3 Å². The number of ether oxygens (including phenoxy) is 3. The van der Waals surface area contributed by atoms with Gasteiger partial charge < -0.3 is 19.3 Å². The number of carbonyl (C=O) groups is 2. The molecule has 36 heavy (non-hydrogen) atoms. The maximum Gasteiger partial charge on any atom is 0.311 e. The first-order valence-electron chi connectivity index (χ1n) is 11.8. The Morgan fingerprint density at radius 1 is 1.06 bits per heavy atom. The lowest BCUT2D eigenvalue weighted by Crippen LogP contribution is -2.20. The molecule has 8 heteroatoms. The van der Waals surface area contributed by atoms with Gasteiger partial charge in [0, 0.05) is 28.6 Å². The molecule has 0 aliphatic carbocycles. The summed E-state index contributed by atoms with van der Waals surface area (Å²) in [5.41, 5.74) is 2.16. The number of Topliss-reactive ketones (excluding diaryl/α,β-unsaturated/α-hetero) is 1. The summed E-state index contributed by atoms with van der Waals surface area (Å²) < 4.78 is 17.2. The van der Waals surface area contributed by atoms with Crippen molar-refractivity contribution in [3.05, 3.63) is 81.3 Å². The molecule has 0 spiro atoms. The number of rotatable bonds is 10. The molecule has 3 aromatic carbocycles. The van der Waals surface area contributed by atoms with E-state index in [1.54, 1.807) is 42.5 Å². The van der Waals surface area contributed by atoms with E-state index in [1.165, 1.54) is 0 Å². The summed E-state index contributed by atoms with van der Waals surface area (Å²) >= 11 is 12.4. The molecule has 1 N–H and O–H groups in total. The van der Waals surface area contributed by atoms with Gasteiger partial charge in [0.1, 0.15) is 23.0 Å². The highest BCUT2D eigenvalue weighted by Crippen LogP contribution is 2.41. The molecule has 0 saturated heterocycles. The van der Waals surface area contributed by atoms with Gasteiger partial charge in [-0.3, -0.25) is 9.59 Å². The highest BCUT2D eigenvalue weighted by atomic mass is 35.5. The van der Waals surface area contributed by atoms with Gasteiger partial charge in [-0.1, -0.05) is 29.3 Å². The Morgan fingerprint density at radius 2 is 1.83 bits per heavy atom. The van der Waals surface area contributed by atoms with Crippen molar-refractivity contribution >= 4 is 35.0 Å². The second-order valence-electron chi connectivity index (χ2n) is 8.44. The second kappa shape index (κ2) is 11.7. The molecule has 4 rings (SSSR count). The molecule has 0 saturated carbocycles. The Bertz CT molecular complexity index is 1260. The van der Waals surface area contributed by atoms with Crippen LogP contribution in [0.4, 0.5) is 0 Å². The van der Waals surface area contributed by atoms with Gasteiger partial charge in [0.15, 0.2) is 5.78 Å². The molecule has 1 atom stereocenters. The summed E-state index contributed by atoms with van der Waals surface area (Å²) in [5, 5.41) is 10.3. The molecule has 0 amide bonds. The van der Waals surface area contributed by atoms with Crippen molar-refractivity contribution in [2.45, 2.75) is 38.5 Å². The van der Waals surface area contributed by atoms with Gasteiger partial charge in [0.2, 0.25) is 0 Å². The number of aliphatic carboxylic acids is 1. The first-order valence-corrected chi connectivity index (χ1v) is 12.5. The van der Waals surface area contributed by atoms with Crippen LogP contribution in [0.1, 0.15) is 53.6 Å². The SMILES string of the molecule is CCOc1cc(Cl)ccc1CCCC(=O)c1ccc(Oc2cc3c(cc2Cl)C(C(=O)O)CCO3)cc1. The van der Waals surface area contributed by atoms with E-state index in [-0.39, 0.29) is 5.78 Å². The number of carbonyl (C=O) groups excluding carboxylic acids is 1. The van der Waals surface area contributed by atoms with Crippen molar-refractivity contribution in [1.82, 2.24) is 0 Å². The third-order valence-corrected chi connectivity index (χ3v) is 6.52. The van der Waals surface area contributed by atoms with Crippen LogP contribution in [0.15, 0.2) is 54.6 Å². The van der Waals surface area contributed by atoms with Gasteiger partial charge >= 0.3 is 5.97 Å². The molecular formula is C28H26Cl2O6. The van der Waals surface area contributed by atoms with Gasteiger partial charge in [0.05, 0.1) is 24.2 Å². The van der Waals surface area contributed by atoms with Crippen LogP contribution in [0.2, 0.25) is 10.0 Å². The Balaban J connectivity index is 1.37. The van der Waals surface area contributed by atoms with Crippen molar-refractivity contribution in [3.8, 4) is 23.0 Å². The predicted octanol–water partition coefficient (Wildman–Crippen LogP) is 7.34. The van der Waals surface area contributed by atoms with Gasteiger partial charge in [-0.25, -0.2) is 0 Å².